The van der Waals surface area contributed by atoms with E-state index in [-0.39, 0.29) is 42.6 Å². The second-order valence-corrected chi connectivity index (χ2v) is 10.0. The first-order chi connectivity index (χ1) is 14.5. The van der Waals surface area contributed by atoms with E-state index in [1.807, 2.05) is 4.72 Å². The van der Waals surface area contributed by atoms with E-state index >= 15 is 0 Å². The Morgan fingerprint density at radius 3 is 2.26 bits per heavy atom. The van der Waals surface area contributed by atoms with Gasteiger partial charge in [0.25, 0.3) is 10.0 Å². The maximum Gasteiger partial charge on any atom is 0.417 e. The number of halogens is 3. The summed E-state index contributed by atoms with van der Waals surface area (Å²) in [5.74, 6) is -0.0369. The van der Waals surface area contributed by atoms with E-state index in [0.717, 1.165) is 28.6 Å². The standard InChI is InChI=1S/C18H19F3N2O6S2/c1-28-15-7-6-13(12-17(15)31(26,27)23-8-10-29-11-9-23)22-30(24,25)16-5-3-2-4-14(16)18(19,20)21/h2-7,12,22H,8-11H2,1H3. The Morgan fingerprint density at radius 1 is 1.00 bits per heavy atom. The Bertz CT molecular complexity index is 1160. The van der Waals surface area contributed by atoms with Gasteiger partial charge in [-0.05, 0) is 30.3 Å². The minimum Gasteiger partial charge on any atom is -0.495 e. The molecule has 1 fully saturated rings. The van der Waals surface area contributed by atoms with Crippen LogP contribution in [-0.2, 0) is 31.0 Å². The molecule has 0 atom stereocenters. The van der Waals surface area contributed by atoms with Gasteiger partial charge in [0.05, 0.1) is 36.5 Å². The molecule has 2 aromatic carbocycles. The summed E-state index contributed by atoms with van der Waals surface area (Å²) >= 11 is 0. The van der Waals surface area contributed by atoms with Crippen LogP contribution in [0.4, 0.5) is 18.9 Å². The number of nitrogens with zero attached hydrogens (tertiary/aromatic N) is 1. The average Bonchev–Trinajstić information content (AvgIpc) is 2.73. The number of sulfonamides is 2. The fourth-order valence-electron chi connectivity index (χ4n) is 3.01. The predicted molar refractivity (Wildman–Crippen MR) is 105 cm³/mol. The monoisotopic (exact) mass is 480 g/mol. The summed E-state index contributed by atoms with van der Waals surface area (Å²) < 4.78 is 104. The van der Waals surface area contributed by atoms with Gasteiger partial charge in [-0.25, -0.2) is 16.8 Å². The van der Waals surface area contributed by atoms with Crippen LogP contribution < -0.4 is 9.46 Å². The van der Waals surface area contributed by atoms with Gasteiger partial charge in [0.15, 0.2) is 0 Å². The van der Waals surface area contributed by atoms with Crippen molar-refractivity contribution in [2.45, 2.75) is 16.0 Å². The second kappa shape index (κ2) is 8.65. The van der Waals surface area contributed by atoms with Crippen molar-refractivity contribution >= 4 is 25.7 Å². The number of methoxy groups -OCH3 is 1. The molecule has 0 amide bonds. The number of nitrogens with one attached hydrogen (secondary N) is 1. The molecule has 0 unspecified atom stereocenters. The Morgan fingerprint density at radius 2 is 1.65 bits per heavy atom. The minimum atomic E-state index is -4.89. The average molecular weight is 480 g/mol. The number of ether oxygens (including phenoxy) is 2. The molecule has 1 saturated heterocycles. The van der Waals surface area contributed by atoms with Crippen LogP contribution in [0.5, 0.6) is 5.75 Å². The van der Waals surface area contributed by atoms with Gasteiger partial charge >= 0.3 is 6.18 Å². The number of hydrogen-bond acceptors (Lipinski definition) is 6. The third-order valence-electron chi connectivity index (χ3n) is 4.49. The lowest BCUT2D eigenvalue weighted by Crippen LogP contribution is -2.40. The van der Waals surface area contributed by atoms with Crippen molar-refractivity contribution in [1.29, 1.82) is 0 Å². The van der Waals surface area contributed by atoms with Gasteiger partial charge in [-0.1, -0.05) is 12.1 Å². The summed E-state index contributed by atoms with van der Waals surface area (Å²) in [6, 6.07) is 7.13. The molecule has 2 aromatic rings. The number of alkyl halides is 3. The molecule has 1 aliphatic rings. The van der Waals surface area contributed by atoms with E-state index in [9.17, 15) is 30.0 Å². The lowest BCUT2D eigenvalue weighted by molar-refractivity contribution is -0.139. The SMILES string of the molecule is COc1ccc(NS(=O)(=O)c2ccccc2C(F)(F)F)cc1S(=O)(=O)N1CCOCC1. The molecule has 0 aliphatic carbocycles. The Kier molecular flexibility index (Phi) is 6.51. The fourth-order valence-corrected chi connectivity index (χ4v) is 5.88. The van der Waals surface area contributed by atoms with Crippen molar-refractivity contribution in [2.75, 3.05) is 38.1 Å². The van der Waals surface area contributed by atoms with Crippen LogP contribution in [0.1, 0.15) is 5.56 Å². The highest BCUT2D eigenvalue weighted by molar-refractivity contribution is 7.92. The van der Waals surface area contributed by atoms with Gasteiger partial charge in [-0.15, -0.1) is 0 Å². The van der Waals surface area contributed by atoms with Gasteiger partial charge in [0.1, 0.15) is 10.6 Å². The van der Waals surface area contributed by atoms with E-state index in [1.165, 1.54) is 19.2 Å². The number of anilines is 1. The van der Waals surface area contributed by atoms with Gasteiger partial charge in [0, 0.05) is 13.1 Å². The molecule has 31 heavy (non-hydrogen) atoms. The van der Waals surface area contributed by atoms with E-state index < -0.39 is 36.7 Å². The van der Waals surface area contributed by atoms with Crippen molar-refractivity contribution in [2.24, 2.45) is 0 Å². The third kappa shape index (κ3) is 4.95. The molecule has 8 nitrogen and oxygen atoms in total. The summed E-state index contributed by atoms with van der Waals surface area (Å²) in [5, 5.41) is 0. The highest BCUT2D eigenvalue weighted by Gasteiger charge is 2.37. The summed E-state index contributed by atoms with van der Waals surface area (Å²) in [4.78, 5) is -1.29. The number of morpholine rings is 1. The van der Waals surface area contributed by atoms with E-state index in [4.69, 9.17) is 9.47 Å². The molecule has 3 rings (SSSR count). The van der Waals surface area contributed by atoms with E-state index in [2.05, 4.69) is 0 Å². The molecule has 0 saturated carbocycles. The zero-order chi connectivity index (χ0) is 22.9. The highest BCUT2D eigenvalue weighted by atomic mass is 32.2. The fraction of sp³-hybridized carbons (Fsp3) is 0.333. The lowest BCUT2D eigenvalue weighted by atomic mass is 10.2. The van der Waals surface area contributed by atoms with Crippen molar-refractivity contribution in [3.63, 3.8) is 0 Å². The van der Waals surface area contributed by atoms with Gasteiger partial charge in [-0.3, -0.25) is 4.72 Å². The van der Waals surface area contributed by atoms with Crippen molar-refractivity contribution < 1.29 is 39.5 Å². The molecule has 1 N–H and O–H groups in total. The largest absolute Gasteiger partial charge is 0.495 e. The zero-order valence-corrected chi connectivity index (χ0v) is 17.8. The quantitative estimate of drug-likeness (QED) is 0.682. The molecule has 0 radical (unpaired) electrons. The maximum absolute atomic E-state index is 13.2. The van der Waals surface area contributed by atoms with Crippen LogP contribution in [0.15, 0.2) is 52.3 Å². The Labute approximate surface area is 177 Å². The Hall–Kier alpha value is -2.35. The molecular formula is C18H19F3N2O6S2. The van der Waals surface area contributed by atoms with Crippen LogP contribution >= 0.6 is 0 Å². The summed E-state index contributed by atoms with van der Waals surface area (Å²) in [6.45, 7) is 0.588. The first-order valence-electron chi connectivity index (χ1n) is 8.92. The first kappa shape index (κ1) is 23.3. The summed E-state index contributed by atoms with van der Waals surface area (Å²) in [5.41, 5.74) is -1.57. The van der Waals surface area contributed by atoms with E-state index in [0.29, 0.717) is 6.07 Å². The van der Waals surface area contributed by atoms with Crippen LogP contribution in [0, 0.1) is 0 Å². The molecule has 13 heteroatoms. The number of rotatable bonds is 6. The third-order valence-corrected chi connectivity index (χ3v) is 7.84. The number of benzene rings is 2. The molecule has 1 aliphatic heterocycles. The van der Waals surface area contributed by atoms with Gasteiger partial charge in [-0.2, -0.15) is 17.5 Å². The van der Waals surface area contributed by atoms with Crippen LogP contribution in [0.25, 0.3) is 0 Å². The second-order valence-electron chi connectivity index (χ2n) is 6.48. The maximum atomic E-state index is 13.2. The summed E-state index contributed by atoms with van der Waals surface area (Å²) in [6.07, 6.45) is -4.89. The highest BCUT2D eigenvalue weighted by Crippen LogP contribution is 2.35. The van der Waals surface area contributed by atoms with Crippen molar-refractivity contribution in [3.8, 4) is 5.75 Å². The molecule has 0 spiro atoms. The van der Waals surface area contributed by atoms with Crippen LogP contribution in [0.3, 0.4) is 0 Å². The molecule has 0 bridgehead atoms. The molecular weight excluding hydrogens is 461 g/mol. The molecule has 170 valence electrons. The zero-order valence-electron chi connectivity index (χ0n) is 16.2. The van der Waals surface area contributed by atoms with Crippen molar-refractivity contribution in [1.82, 2.24) is 4.31 Å². The normalized spacial score (nSPS) is 16.1. The van der Waals surface area contributed by atoms with Crippen LogP contribution in [-0.4, -0.2) is 54.6 Å². The number of hydrogen-bond donors (Lipinski definition) is 1. The minimum absolute atomic E-state index is 0.0369. The smallest absolute Gasteiger partial charge is 0.417 e. The molecule has 0 aromatic heterocycles. The lowest BCUT2D eigenvalue weighted by Gasteiger charge is -2.27. The van der Waals surface area contributed by atoms with E-state index in [1.54, 1.807) is 0 Å². The van der Waals surface area contributed by atoms with Gasteiger partial charge in [0.2, 0.25) is 10.0 Å². The first-order valence-corrected chi connectivity index (χ1v) is 11.8. The molecule has 1 heterocycles. The van der Waals surface area contributed by atoms with Gasteiger partial charge < -0.3 is 9.47 Å². The predicted octanol–water partition coefficient (Wildman–Crippen LogP) is 2.54. The topological polar surface area (TPSA) is 102 Å². The van der Waals surface area contributed by atoms with Crippen LogP contribution in [0.2, 0.25) is 0 Å². The summed E-state index contributed by atoms with van der Waals surface area (Å²) in [7, 11) is -7.49. The Balaban J connectivity index is 2.01. The van der Waals surface area contributed by atoms with Crippen molar-refractivity contribution in [3.05, 3.63) is 48.0 Å².